The molecule has 4 heterocycles. The zero-order valence-corrected chi connectivity index (χ0v) is 12.9. The van der Waals surface area contributed by atoms with Gasteiger partial charge in [0.05, 0.1) is 11.4 Å². The van der Waals surface area contributed by atoms with E-state index in [1.54, 1.807) is 4.68 Å². The summed E-state index contributed by atoms with van der Waals surface area (Å²) in [5.74, 6) is 1.21. The van der Waals surface area contributed by atoms with Gasteiger partial charge in [-0.25, -0.2) is 4.98 Å². The predicted molar refractivity (Wildman–Crippen MR) is 85.4 cm³/mol. The van der Waals surface area contributed by atoms with Crippen LogP contribution in [0.25, 0.3) is 28.1 Å². The first-order chi connectivity index (χ1) is 11.2. The molecular weight excluding hydrogens is 294 g/mol. The number of nitrogens with zero attached hydrogens (tertiary/aromatic N) is 6. The molecule has 0 aliphatic rings. The number of nitrogens with one attached hydrogen (secondary N) is 3. The van der Waals surface area contributed by atoms with Crippen LogP contribution in [0.1, 0.15) is 11.4 Å². The zero-order valence-electron chi connectivity index (χ0n) is 12.9. The van der Waals surface area contributed by atoms with Gasteiger partial charge in [0.25, 0.3) is 5.95 Å². The van der Waals surface area contributed by atoms with Crippen molar-refractivity contribution in [2.75, 3.05) is 12.4 Å². The number of hydrogen-bond acceptors (Lipinski definition) is 6. The number of anilines is 1. The lowest BCUT2D eigenvalue weighted by Crippen LogP contribution is -2.01. The van der Waals surface area contributed by atoms with Crippen LogP contribution in [-0.2, 0) is 0 Å². The van der Waals surface area contributed by atoms with E-state index in [4.69, 9.17) is 0 Å². The molecule has 3 N–H and O–H groups in total. The van der Waals surface area contributed by atoms with Gasteiger partial charge in [0.1, 0.15) is 11.5 Å². The fourth-order valence-corrected chi connectivity index (χ4v) is 2.85. The van der Waals surface area contributed by atoms with Crippen molar-refractivity contribution in [2.45, 2.75) is 13.8 Å². The highest BCUT2D eigenvalue weighted by molar-refractivity contribution is 5.96. The molecule has 0 fully saturated rings. The number of aromatic nitrogens is 8. The van der Waals surface area contributed by atoms with E-state index >= 15 is 0 Å². The van der Waals surface area contributed by atoms with Crippen molar-refractivity contribution in [2.24, 2.45) is 0 Å². The summed E-state index contributed by atoms with van der Waals surface area (Å²) in [5.41, 5.74) is 4.77. The van der Waals surface area contributed by atoms with Gasteiger partial charge < -0.3 is 10.3 Å². The number of rotatable bonds is 3. The molecule has 0 amide bonds. The van der Waals surface area contributed by atoms with Crippen LogP contribution in [0.2, 0.25) is 0 Å². The van der Waals surface area contributed by atoms with Crippen LogP contribution < -0.4 is 5.32 Å². The fourth-order valence-electron chi connectivity index (χ4n) is 2.85. The molecule has 4 aromatic rings. The molecule has 0 saturated carbocycles. The largest absolute Gasteiger partial charge is 0.373 e. The average molecular weight is 309 g/mol. The highest BCUT2D eigenvalue weighted by Gasteiger charge is 2.19. The summed E-state index contributed by atoms with van der Waals surface area (Å²) in [5, 5.41) is 22.8. The van der Waals surface area contributed by atoms with Gasteiger partial charge in [-0.3, -0.25) is 0 Å². The Hall–Kier alpha value is -3.23. The average Bonchev–Trinajstić information content (AvgIpc) is 3.26. The zero-order chi connectivity index (χ0) is 16.0. The van der Waals surface area contributed by atoms with Crippen LogP contribution in [0.4, 0.5) is 5.82 Å². The molecule has 9 heteroatoms. The second-order valence-electron chi connectivity index (χ2n) is 5.21. The lowest BCUT2D eigenvalue weighted by molar-refractivity contribution is 0.777. The quantitative estimate of drug-likeness (QED) is 0.529. The minimum absolute atomic E-state index is 0.421. The Morgan fingerprint density at radius 2 is 2.13 bits per heavy atom. The van der Waals surface area contributed by atoms with E-state index in [2.05, 4.69) is 41.0 Å². The van der Waals surface area contributed by atoms with Crippen molar-refractivity contribution in [3.8, 4) is 17.1 Å². The molecule has 0 bridgehead atoms. The van der Waals surface area contributed by atoms with Gasteiger partial charge in [0.2, 0.25) is 0 Å². The van der Waals surface area contributed by atoms with E-state index in [0.717, 1.165) is 39.4 Å². The molecule has 0 radical (unpaired) electrons. The molecule has 0 unspecified atom stereocenters. The van der Waals surface area contributed by atoms with E-state index in [0.29, 0.717) is 5.95 Å². The molecule has 0 saturated heterocycles. The van der Waals surface area contributed by atoms with Crippen LogP contribution >= 0.6 is 0 Å². The summed E-state index contributed by atoms with van der Waals surface area (Å²) in [4.78, 5) is 7.68. The van der Waals surface area contributed by atoms with Gasteiger partial charge in [-0.15, -0.1) is 5.10 Å². The minimum Gasteiger partial charge on any atom is -0.373 e. The number of hydrogen-bond donors (Lipinski definition) is 3. The van der Waals surface area contributed by atoms with Crippen molar-refractivity contribution in [3.05, 3.63) is 29.7 Å². The Morgan fingerprint density at radius 3 is 2.87 bits per heavy atom. The van der Waals surface area contributed by atoms with Crippen LogP contribution in [-0.4, -0.2) is 47.4 Å². The van der Waals surface area contributed by atoms with Gasteiger partial charge in [0, 0.05) is 29.8 Å². The van der Waals surface area contributed by atoms with Crippen LogP contribution in [0.3, 0.4) is 0 Å². The second-order valence-corrected chi connectivity index (χ2v) is 5.21. The first-order valence-corrected chi connectivity index (χ1v) is 7.15. The minimum atomic E-state index is 0.421. The molecule has 4 rings (SSSR count). The van der Waals surface area contributed by atoms with E-state index in [1.165, 1.54) is 0 Å². The summed E-state index contributed by atoms with van der Waals surface area (Å²) in [6.07, 6.45) is 1.88. The lowest BCUT2D eigenvalue weighted by atomic mass is 10.0. The Bertz CT molecular complexity index is 977. The fraction of sp³-hybridized carbons (Fsp3) is 0.214. The first kappa shape index (κ1) is 13.4. The normalized spacial score (nSPS) is 11.3. The number of aromatic amines is 2. The van der Waals surface area contributed by atoms with Crippen LogP contribution in [0, 0.1) is 13.8 Å². The lowest BCUT2D eigenvalue weighted by Gasteiger charge is -2.07. The van der Waals surface area contributed by atoms with Crippen LogP contribution in [0.5, 0.6) is 0 Å². The third-order valence-corrected chi connectivity index (χ3v) is 3.87. The molecule has 0 spiro atoms. The third kappa shape index (κ3) is 1.97. The van der Waals surface area contributed by atoms with Crippen molar-refractivity contribution in [1.82, 2.24) is 40.4 Å². The van der Waals surface area contributed by atoms with Gasteiger partial charge in [-0.2, -0.15) is 15.0 Å². The van der Waals surface area contributed by atoms with E-state index in [1.807, 2.05) is 39.2 Å². The van der Waals surface area contributed by atoms with Crippen molar-refractivity contribution < 1.29 is 0 Å². The van der Waals surface area contributed by atoms with E-state index in [-0.39, 0.29) is 0 Å². The Morgan fingerprint density at radius 1 is 1.26 bits per heavy atom. The maximum Gasteiger partial charge on any atom is 0.290 e. The van der Waals surface area contributed by atoms with Gasteiger partial charge in [0.15, 0.2) is 0 Å². The Kier molecular flexibility index (Phi) is 2.86. The molecule has 0 aliphatic heterocycles. The number of fused-ring (bicyclic) bond motifs is 1. The number of H-pyrrole nitrogens is 2. The smallest absolute Gasteiger partial charge is 0.290 e. The van der Waals surface area contributed by atoms with Gasteiger partial charge in [-0.05, 0) is 31.2 Å². The summed E-state index contributed by atoms with van der Waals surface area (Å²) < 4.78 is 1.69. The molecule has 0 aliphatic carbocycles. The topological polar surface area (TPSA) is 113 Å². The van der Waals surface area contributed by atoms with Gasteiger partial charge in [-0.1, -0.05) is 5.10 Å². The number of tetrazole rings is 1. The molecule has 4 aromatic heterocycles. The highest BCUT2D eigenvalue weighted by Crippen LogP contribution is 2.34. The molecule has 116 valence electrons. The second kappa shape index (κ2) is 4.90. The van der Waals surface area contributed by atoms with E-state index < -0.39 is 0 Å². The number of aryl methyl sites for hydroxylation is 1. The van der Waals surface area contributed by atoms with Crippen molar-refractivity contribution in [3.63, 3.8) is 0 Å². The Balaban J connectivity index is 2.00. The standard InChI is InChI=1S/C14H15N9/c1-7-12(8(2)23(20-7)14-18-21-22-19-14)10-6-11(15-3)17-13-9(10)4-5-16-13/h4-6H,1-3H3,(H2,15,16,17)(H,18,19,21,22). The molecule has 9 nitrogen and oxygen atoms in total. The van der Waals surface area contributed by atoms with Crippen molar-refractivity contribution in [1.29, 1.82) is 0 Å². The summed E-state index contributed by atoms with van der Waals surface area (Å²) in [7, 11) is 1.85. The van der Waals surface area contributed by atoms with E-state index in [9.17, 15) is 0 Å². The maximum absolute atomic E-state index is 4.56. The molecule has 0 aromatic carbocycles. The van der Waals surface area contributed by atoms with Gasteiger partial charge >= 0.3 is 0 Å². The maximum atomic E-state index is 4.56. The number of pyridine rings is 1. The molecule has 23 heavy (non-hydrogen) atoms. The SMILES string of the molecule is CNc1cc(-c2c(C)nn(-c3nn[nH]n3)c2C)c2cc[nH]c2n1. The molecular formula is C14H15N9. The summed E-state index contributed by atoms with van der Waals surface area (Å²) in [6.45, 7) is 3.96. The highest BCUT2D eigenvalue weighted by atomic mass is 15.5. The Labute approximate surface area is 131 Å². The summed E-state index contributed by atoms with van der Waals surface area (Å²) in [6, 6.07) is 4.04. The van der Waals surface area contributed by atoms with Crippen molar-refractivity contribution >= 4 is 16.9 Å². The summed E-state index contributed by atoms with van der Waals surface area (Å²) >= 11 is 0. The third-order valence-electron chi connectivity index (χ3n) is 3.87. The molecule has 0 atom stereocenters. The monoisotopic (exact) mass is 309 g/mol. The first-order valence-electron chi connectivity index (χ1n) is 7.15. The predicted octanol–water partition coefficient (Wildman–Crippen LogP) is 1.59. The van der Waals surface area contributed by atoms with Crippen LogP contribution in [0.15, 0.2) is 18.3 Å².